The number of benzene rings is 2. The van der Waals surface area contributed by atoms with Gasteiger partial charge < -0.3 is 0 Å². The van der Waals surface area contributed by atoms with Crippen LogP contribution >= 0.6 is 11.6 Å². The molecular formula is C22H18ClN5O. The van der Waals surface area contributed by atoms with Gasteiger partial charge in [0.15, 0.2) is 11.3 Å². The zero-order chi connectivity index (χ0) is 20.1. The molecule has 1 unspecified atom stereocenters. The van der Waals surface area contributed by atoms with Gasteiger partial charge in [0.2, 0.25) is 0 Å². The maximum atomic E-state index is 13.4. The van der Waals surface area contributed by atoms with Gasteiger partial charge in [0.25, 0.3) is 5.56 Å². The molecule has 7 heteroatoms. The van der Waals surface area contributed by atoms with E-state index in [9.17, 15) is 4.79 Å². The Labute approximate surface area is 171 Å². The van der Waals surface area contributed by atoms with Crippen molar-refractivity contribution in [2.45, 2.75) is 26.3 Å². The van der Waals surface area contributed by atoms with Gasteiger partial charge in [-0.2, -0.15) is 0 Å². The van der Waals surface area contributed by atoms with Crippen molar-refractivity contribution in [3.05, 3.63) is 70.2 Å². The Bertz CT molecular complexity index is 1450. The van der Waals surface area contributed by atoms with Gasteiger partial charge in [-0.3, -0.25) is 13.9 Å². The van der Waals surface area contributed by atoms with E-state index in [1.165, 1.54) is 0 Å². The van der Waals surface area contributed by atoms with E-state index in [1.54, 1.807) is 10.9 Å². The van der Waals surface area contributed by atoms with Crippen molar-refractivity contribution in [2.24, 2.45) is 0 Å². The summed E-state index contributed by atoms with van der Waals surface area (Å²) in [6.07, 6.45) is 2.44. The third-order valence-electron chi connectivity index (χ3n) is 5.32. The van der Waals surface area contributed by atoms with E-state index in [0.29, 0.717) is 27.2 Å². The summed E-state index contributed by atoms with van der Waals surface area (Å²) < 4.78 is 3.53. The molecule has 5 aromatic rings. The smallest absolute Gasteiger partial charge is 0.265 e. The zero-order valence-electron chi connectivity index (χ0n) is 16.0. The van der Waals surface area contributed by atoms with Crippen molar-refractivity contribution in [3.8, 4) is 5.69 Å². The van der Waals surface area contributed by atoms with E-state index in [1.807, 2.05) is 66.9 Å². The van der Waals surface area contributed by atoms with Gasteiger partial charge in [-0.05, 0) is 43.7 Å². The first kappa shape index (κ1) is 17.8. The van der Waals surface area contributed by atoms with Gasteiger partial charge in [0.1, 0.15) is 17.2 Å². The molecule has 0 saturated carbocycles. The molecule has 1 atom stereocenters. The van der Waals surface area contributed by atoms with Crippen molar-refractivity contribution in [1.82, 2.24) is 24.1 Å². The van der Waals surface area contributed by atoms with Gasteiger partial charge in [0, 0.05) is 11.1 Å². The Kier molecular flexibility index (Phi) is 4.10. The number of para-hydroxylation sites is 2. The lowest BCUT2D eigenvalue weighted by Crippen LogP contribution is -2.23. The molecule has 0 spiro atoms. The molecule has 3 aromatic heterocycles. The van der Waals surface area contributed by atoms with Gasteiger partial charge >= 0.3 is 0 Å². The molecule has 0 amide bonds. The molecular weight excluding hydrogens is 386 g/mol. The van der Waals surface area contributed by atoms with E-state index < -0.39 is 0 Å². The number of hydrogen-bond donors (Lipinski definition) is 0. The standard InChI is InChI=1S/C22H18ClN5O/c1-3-13(2)27-12-24-20-18(22(27)29)19-21(26-17-10-5-4-9-16(17)25-19)28(20)15-8-6-7-14(23)11-15/h4-13H,3H2,1-2H3. The molecule has 144 valence electrons. The summed E-state index contributed by atoms with van der Waals surface area (Å²) in [7, 11) is 0. The van der Waals surface area contributed by atoms with E-state index in [2.05, 4.69) is 4.98 Å². The lowest BCUT2D eigenvalue weighted by atomic mass is 10.2. The highest BCUT2D eigenvalue weighted by Crippen LogP contribution is 2.29. The second kappa shape index (κ2) is 6.67. The SMILES string of the molecule is CCC(C)n1cnc2c(c1=O)c1nc3ccccc3nc1n2-c1cccc(Cl)c1. The summed E-state index contributed by atoms with van der Waals surface area (Å²) in [5, 5.41) is 1.07. The molecule has 5 rings (SSSR count). The van der Waals surface area contributed by atoms with E-state index in [4.69, 9.17) is 21.6 Å². The minimum Gasteiger partial charge on any atom is -0.296 e. The van der Waals surface area contributed by atoms with Crippen LogP contribution in [0.15, 0.2) is 59.7 Å². The van der Waals surface area contributed by atoms with Crippen LogP contribution in [0.1, 0.15) is 26.3 Å². The van der Waals surface area contributed by atoms with E-state index >= 15 is 0 Å². The van der Waals surface area contributed by atoms with Crippen molar-refractivity contribution >= 4 is 44.8 Å². The quantitative estimate of drug-likeness (QED) is 0.429. The molecule has 29 heavy (non-hydrogen) atoms. The summed E-state index contributed by atoms with van der Waals surface area (Å²) in [6, 6.07) is 15.1. The molecule has 0 aliphatic carbocycles. The number of halogens is 1. The summed E-state index contributed by atoms with van der Waals surface area (Å²) in [4.78, 5) is 27.7. The fourth-order valence-electron chi connectivity index (χ4n) is 3.62. The van der Waals surface area contributed by atoms with Gasteiger partial charge in [0.05, 0.1) is 16.7 Å². The molecule has 0 fully saturated rings. The van der Waals surface area contributed by atoms with Crippen molar-refractivity contribution in [3.63, 3.8) is 0 Å². The van der Waals surface area contributed by atoms with Crippen LogP contribution in [0.25, 0.3) is 38.9 Å². The third kappa shape index (κ3) is 2.71. The van der Waals surface area contributed by atoms with Gasteiger partial charge in [-0.15, -0.1) is 0 Å². The lowest BCUT2D eigenvalue weighted by molar-refractivity contribution is 0.510. The number of fused-ring (bicyclic) bond motifs is 4. The number of rotatable bonds is 3. The predicted octanol–water partition coefficient (Wildman–Crippen LogP) is 4.91. The van der Waals surface area contributed by atoms with Crippen LogP contribution in [0.5, 0.6) is 0 Å². The van der Waals surface area contributed by atoms with Gasteiger partial charge in [-0.25, -0.2) is 15.0 Å². The second-order valence-electron chi connectivity index (χ2n) is 7.11. The van der Waals surface area contributed by atoms with Crippen LogP contribution in [-0.4, -0.2) is 24.1 Å². The van der Waals surface area contributed by atoms with Crippen LogP contribution in [0.4, 0.5) is 0 Å². The van der Waals surface area contributed by atoms with Crippen LogP contribution in [0, 0.1) is 0 Å². The highest BCUT2D eigenvalue weighted by Gasteiger charge is 2.21. The highest BCUT2D eigenvalue weighted by atomic mass is 35.5. The largest absolute Gasteiger partial charge is 0.296 e. The first-order valence-electron chi connectivity index (χ1n) is 9.52. The molecule has 0 aliphatic heterocycles. The van der Waals surface area contributed by atoms with E-state index in [-0.39, 0.29) is 11.6 Å². The van der Waals surface area contributed by atoms with Crippen molar-refractivity contribution < 1.29 is 0 Å². The Balaban J connectivity index is 2.00. The van der Waals surface area contributed by atoms with Crippen molar-refractivity contribution in [2.75, 3.05) is 0 Å². The topological polar surface area (TPSA) is 65.6 Å². The van der Waals surface area contributed by atoms with Crippen molar-refractivity contribution in [1.29, 1.82) is 0 Å². The van der Waals surface area contributed by atoms with Gasteiger partial charge in [-0.1, -0.05) is 36.7 Å². The minimum atomic E-state index is -0.111. The normalized spacial score (nSPS) is 12.8. The fraction of sp³-hybridized carbons (Fsp3) is 0.182. The highest BCUT2D eigenvalue weighted by molar-refractivity contribution is 6.30. The zero-order valence-corrected chi connectivity index (χ0v) is 16.8. The van der Waals surface area contributed by atoms with Crippen LogP contribution < -0.4 is 5.56 Å². The fourth-order valence-corrected chi connectivity index (χ4v) is 3.80. The Hall–Kier alpha value is -3.25. The summed E-state index contributed by atoms with van der Waals surface area (Å²) >= 11 is 6.24. The monoisotopic (exact) mass is 403 g/mol. The first-order chi connectivity index (χ1) is 14.1. The Morgan fingerprint density at radius 1 is 1.03 bits per heavy atom. The average molecular weight is 404 g/mol. The third-order valence-corrected chi connectivity index (χ3v) is 5.56. The molecule has 2 aromatic carbocycles. The Morgan fingerprint density at radius 2 is 1.79 bits per heavy atom. The van der Waals surface area contributed by atoms with Crippen LogP contribution in [-0.2, 0) is 0 Å². The molecule has 0 aliphatic rings. The second-order valence-corrected chi connectivity index (χ2v) is 7.55. The molecule has 0 saturated heterocycles. The molecule has 0 radical (unpaired) electrons. The van der Waals surface area contributed by atoms with E-state index in [0.717, 1.165) is 23.1 Å². The predicted molar refractivity (Wildman–Crippen MR) is 116 cm³/mol. The Morgan fingerprint density at radius 3 is 2.52 bits per heavy atom. The average Bonchev–Trinajstić information content (AvgIpc) is 3.05. The number of hydrogen-bond acceptors (Lipinski definition) is 4. The summed E-state index contributed by atoms with van der Waals surface area (Å²) in [5.41, 5.74) is 3.84. The molecule has 6 nitrogen and oxygen atoms in total. The maximum absolute atomic E-state index is 13.4. The molecule has 0 bridgehead atoms. The summed E-state index contributed by atoms with van der Waals surface area (Å²) in [6.45, 7) is 4.05. The van der Waals surface area contributed by atoms with Crippen LogP contribution in [0.2, 0.25) is 5.02 Å². The first-order valence-corrected chi connectivity index (χ1v) is 9.90. The molecule has 3 heterocycles. The minimum absolute atomic E-state index is 0.0392. The molecule has 0 N–H and O–H groups in total. The lowest BCUT2D eigenvalue weighted by Gasteiger charge is -2.12. The van der Waals surface area contributed by atoms with Crippen LogP contribution in [0.3, 0.4) is 0 Å². The number of aromatic nitrogens is 5. The summed E-state index contributed by atoms with van der Waals surface area (Å²) in [5.74, 6) is 0. The number of nitrogens with zero attached hydrogens (tertiary/aromatic N) is 5. The maximum Gasteiger partial charge on any atom is 0.265 e.